The van der Waals surface area contributed by atoms with Crippen LogP contribution in [0.2, 0.25) is 0 Å². The maximum atomic E-state index is 6.12. The van der Waals surface area contributed by atoms with Crippen LogP contribution in [0, 0.1) is 6.92 Å². The van der Waals surface area contributed by atoms with Crippen LogP contribution in [0.15, 0.2) is 46.9 Å². The normalized spacial score (nSPS) is 12.2. The second kappa shape index (κ2) is 6.42. The van der Waals surface area contributed by atoms with Gasteiger partial charge in [-0.1, -0.05) is 39.7 Å². The molecule has 0 saturated heterocycles. The number of hydrogen-bond donors (Lipinski definition) is 1. The first-order valence-corrected chi connectivity index (χ1v) is 7.71. The highest BCUT2D eigenvalue weighted by Gasteiger charge is 2.14. The molecule has 106 valence electrons. The summed E-state index contributed by atoms with van der Waals surface area (Å²) < 4.78 is 1.07. The molecule has 2 rings (SSSR count). The predicted octanol–water partition coefficient (Wildman–Crippen LogP) is 4.94. The van der Waals surface area contributed by atoms with Crippen molar-refractivity contribution in [2.45, 2.75) is 26.8 Å². The van der Waals surface area contributed by atoms with Crippen LogP contribution in [0.5, 0.6) is 0 Å². The summed E-state index contributed by atoms with van der Waals surface area (Å²) >= 11 is 3.56. The first-order chi connectivity index (χ1) is 9.52. The molecule has 2 nitrogen and oxygen atoms in total. The molecular weight excluding hydrogens is 312 g/mol. The number of halogens is 1. The summed E-state index contributed by atoms with van der Waals surface area (Å²) in [7, 11) is 0. The standard InChI is InChI=1S/C17H21BrN2/c1-4-20(15-8-5-12(2)6-9-15)17-11-14(18)7-10-16(17)13(3)19/h5-11,13H,4,19H2,1-3H3. The van der Waals surface area contributed by atoms with Crippen molar-refractivity contribution in [2.75, 3.05) is 11.4 Å². The molecule has 0 bridgehead atoms. The van der Waals surface area contributed by atoms with Crippen LogP contribution in [-0.4, -0.2) is 6.54 Å². The Kier molecular flexibility index (Phi) is 4.84. The molecule has 20 heavy (non-hydrogen) atoms. The minimum absolute atomic E-state index is 0.0117. The van der Waals surface area contributed by atoms with Crippen molar-refractivity contribution >= 4 is 27.3 Å². The Morgan fingerprint density at radius 3 is 2.35 bits per heavy atom. The highest BCUT2D eigenvalue weighted by Crippen LogP contribution is 2.33. The molecule has 2 N–H and O–H groups in total. The van der Waals surface area contributed by atoms with Gasteiger partial charge in [-0.3, -0.25) is 0 Å². The molecule has 2 aromatic carbocycles. The van der Waals surface area contributed by atoms with E-state index in [2.05, 4.69) is 71.1 Å². The molecule has 0 aromatic heterocycles. The molecule has 0 amide bonds. The monoisotopic (exact) mass is 332 g/mol. The van der Waals surface area contributed by atoms with E-state index in [1.165, 1.54) is 16.9 Å². The van der Waals surface area contributed by atoms with Crippen LogP contribution in [0.25, 0.3) is 0 Å². The fourth-order valence-corrected chi connectivity index (χ4v) is 2.70. The van der Waals surface area contributed by atoms with Crippen LogP contribution in [-0.2, 0) is 0 Å². The summed E-state index contributed by atoms with van der Waals surface area (Å²) in [6.07, 6.45) is 0. The van der Waals surface area contributed by atoms with E-state index in [1.807, 2.05) is 13.0 Å². The van der Waals surface area contributed by atoms with Crippen LogP contribution in [0.1, 0.15) is 31.0 Å². The van der Waals surface area contributed by atoms with Gasteiger partial charge in [0.05, 0.1) is 0 Å². The van der Waals surface area contributed by atoms with Gasteiger partial charge >= 0.3 is 0 Å². The van der Waals surface area contributed by atoms with Gasteiger partial charge in [-0.25, -0.2) is 0 Å². The fraction of sp³-hybridized carbons (Fsp3) is 0.294. The van der Waals surface area contributed by atoms with E-state index in [0.29, 0.717) is 0 Å². The number of anilines is 2. The highest BCUT2D eigenvalue weighted by molar-refractivity contribution is 9.10. The third-order valence-corrected chi connectivity index (χ3v) is 3.93. The van der Waals surface area contributed by atoms with Gasteiger partial charge in [-0.05, 0) is 50.6 Å². The zero-order valence-corrected chi connectivity index (χ0v) is 13.8. The summed E-state index contributed by atoms with van der Waals surface area (Å²) in [6.45, 7) is 7.19. The lowest BCUT2D eigenvalue weighted by atomic mass is 10.0. The SMILES string of the molecule is CCN(c1ccc(C)cc1)c1cc(Br)ccc1C(C)N. The van der Waals surface area contributed by atoms with E-state index in [1.54, 1.807) is 0 Å². The van der Waals surface area contributed by atoms with Crippen LogP contribution in [0.3, 0.4) is 0 Å². The number of hydrogen-bond acceptors (Lipinski definition) is 2. The Balaban J connectivity index is 2.51. The summed E-state index contributed by atoms with van der Waals surface area (Å²) in [5.41, 5.74) is 10.9. The Morgan fingerprint density at radius 1 is 1.15 bits per heavy atom. The molecule has 2 aromatic rings. The van der Waals surface area contributed by atoms with E-state index in [9.17, 15) is 0 Å². The summed E-state index contributed by atoms with van der Waals surface area (Å²) in [5, 5.41) is 0. The van der Waals surface area contributed by atoms with Gasteiger partial charge < -0.3 is 10.6 Å². The van der Waals surface area contributed by atoms with E-state index in [-0.39, 0.29) is 6.04 Å². The van der Waals surface area contributed by atoms with Crippen LogP contribution < -0.4 is 10.6 Å². The quantitative estimate of drug-likeness (QED) is 0.859. The number of nitrogens with zero attached hydrogens (tertiary/aromatic N) is 1. The molecule has 0 aliphatic rings. The maximum absolute atomic E-state index is 6.12. The minimum atomic E-state index is 0.0117. The Labute approximate surface area is 129 Å². The zero-order valence-electron chi connectivity index (χ0n) is 12.2. The fourth-order valence-electron chi connectivity index (χ4n) is 2.35. The molecule has 0 spiro atoms. The topological polar surface area (TPSA) is 29.3 Å². The van der Waals surface area contributed by atoms with Crippen molar-refractivity contribution in [1.82, 2.24) is 0 Å². The van der Waals surface area contributed by atoms with Gasteiger partial charge in [0.1, 0.15) is 0 Å². The van der Waals surface area contributed by atoms with Gasteiger partial charge in [-0.2, -0.15) is 0 Å². The van der Waals surface area contributed by atoms with Crippen molar-refractivity contribution in [3.63, 3.8) is 0 Å². The predicted molar refractivity (Wildman–Crippen MR) is 90.6 cm³/mol. The summed E-state index contributed by atoms with van der Waals surface area (Å²) in [6, 6.07) is 14.9. The van der Waals surface area contributed by atoms with Crippen molar-refractivity contribution in [2.24, 2.45) is 5.73 Å². The molecule has 0 aliphatic heterocycles. The first-order valence-electron chi connectivity index (χ1n) is 6.92. The van der Waals surface area contributed by atoms with Crippen molar-refractivity contribution in [3.05, 3.63) is 58.1 Å². The summed E-state index contributed by atoms with van der Waals surface area (Å²) in [4.78, 5) is 2.29. The zero-order chi connectivity index (χ0) is 14.7. The lowest BCUT2D eigenvalue weighted by Gasteiger charge is -2.27. The lowest BCUT2D eigenvalue weighted by molar-refractivity contribution is 0.810. The van der Waals surface area contributed by atoms with Crippen LogP contribution in [0.4, 0.5) is 11.4 Å². The molecule has 1 atom stereocenters. The number of benzene rings is 2. The molecule has 0 radical (unpaired) electrons. The molecule has 0 fully saturated rings. The Bertz CT molecular complexity index is 576. The van der Waals surface area contributed by atoms with E-state index in [0.717, 1.165) is 16.6 Å². The van der Waals surface area contributed by atoms with Gasteiger partial charge in [0, 0.05) is 28.4 Å². The van der Waals surface area contributed by atoms with E-state index < -0.39 is 0 Å². The Hall–Kier alpha value is -1.32. The van der Waals surface area contributed by atoms with Crippen molar-refractivity contribution < 1.29 is 0 Å². The van der Waals surface area contributed by atoms with Crippen molar-refractivity contribution in [3.8, 4) is 0 Å². The Morgan fingerprint density at radius 2 is 1.80 bits per heavy atom. The molecule has 0 saturated carbocycles. The lowest BCUT2D eigenvalue weighted by Crippen LogP contribution is -2.20. The second-order valence-electron chi connectivity index (χ2n) is 5.07. The minimum Gasteiger partial charge on any atom is -0.341 e. The van der Waals surface area contributed by atoms with Gasteiger partial charge in [0.2, 0.25) is 0 Å². The van der Waals surface area contributed by atoms with Crippen molar-refractivity contribution in [1.29, 1.82) is 0 Å². The van der Waals surface area contributed by atoms with Gasteiger partial charge in [0.25, 0.3) is 0 Å². The van der Waals surface area contributed by atoms with Gasteiger partial charge in [-0.15, -0.1) is 0 Å². The number of nitrogens with two attached hydrogens (primary N) is 1. The molecule has 0 aliphatic carbocycles. The molecule has 0 heterocycles. The smallest absolute Gasteiger partial charge is 0.0470 e. The van der Waals surface area contributed by atoms with E-state index in [4.69, 9.17) is 5.73 Å². The second-order valence-corrected chi connectivity index (χ2v) is 5.99. The summed E-state index contributed by atoms with van der Waals surface area (Å²) in [5.74, 6) is 0. The third kappa shape index (κ3) is 3.22. The first kappa shape index (κ1) is 15.1. The van der Waals surface area contributed by atoms with Gasteiger partial charge in [0.15, 0.2) is 0 Å². The van der Waals surface area contributed by atoms with E-state index >= 15 is 0 Å². The van der Waals surface area contributed by atoms with Crippen LogP contribution >= 0.6 is 15.9 Å². The average molecular weight is 333 g/mol. The molecule has 1 unspecified atom stereocenters. The largest absolute Gasteiger partial charge is 0.341 e. The molecular formula is C17H21BrN2. The maximum Gasteiger partial charge on any atom is 0.0470 e. The molecule has 3 heteroatoms. The third-order valence-electron chi connectivity index (χ3n) is 3.44. The average Bonchev–Trinajstić information content (AvgIpc) is 2.41. The number of rotatable bonds is 4. The number of aryl methyl sites for hydroxylation is 1. The highest BCUT2D eigenvalue weighted by atomic mass is 79.9.